The Bertz CT molecular complexity index is 1020. The maximum absolute atomic E-state index is 11.0. The Morgan fingerprint density at radius 3 is 2.44 bits per heavy atom. The predicted octanol–water partition coefficient (Wildman–Crippen LogP) is 4.05. The fraction of sp³-hybridized carbons (Fsp3) is 0.318. The number of anilines is 2. The third kappa shape index (κ3) is 2.93. The number of carboxylic acids is 1. The van der Waals surface area contributed by atoms with Crippen LogP contribution in [0.4, 0.5) is 11.4 Å². The average Bonchev–Trinajstić information content (AvgIpc) is 3.12. The fourth-order valence-electron chi connectivity index (χ4n) is 4.15. The van der Waals surface area contributed by atoms with E-state index in [1.807, 2.05) is 12.1 Å². The highest BCUT2D eigenvalue weighted by atomic mass is 16.4. The van der Waals surface area contributed by atoms with E-state index in [0.717, 1.165) is 12.2 Å². The number of benzene rings is 2. The molecule has 0 spiro atoms. The van der Waals surface area contributed by atoms with Crippen LogP contribution in [0.1, 0.15) is 23.2 Å². The number of para-hydroxylation sites is 3. The molecule has 5 heteroatoms. The van der Waals surface area contributed by atoms with E-state index in [1.54, 1.807) is 0 Å². The summed E-state index contributed by atoms with van der Waals surface area (Å²) >= 11 is 0. The van der Waals surface area contributed by atoms with Crippen LogP contribution >= 0.6 is 0 Å². The van der Waals surface area contributed by atoms with Crippen molar-refractivity contribution >= 4 is 28.2 Å². The Labute approximate surface area is 159 Å². The molecule has 3 aromatic rings. The lowest BCUT2D eigenvalue weighted by atomic mass is 10.1. The molecule has 5 nitrogen and oxygen atoms in total. The van der Waals surface area contributed by atoms with Crippen LogP contribution in [-0.2, 0) is 18.4 Å². The maximum atomic E-state index is 11.0. The maximum Gasteiger partial charge on any atom is 0.305 e. The Balaban J connectivity index is 1.69. The molecule has 0 bridgehead atoms. The lowest BCUT2D eigenvalue weighted by Crippen LogP contribution is -2.32. The van der Waals surface area contributed by atoms with E-state index in [9.17, 15) is 4.79 Å². The summed E-state index contributed by atoms with van der Waals surface area (Å²) < 4.78 is 2.28. The van der Waals surface area contributed by atoms with E-state index < -0.39 is 5.97 Å². The molecule has 27 heavy (non-hydrogen) atoms. The monoisotopic (exact) mass is 363 g/mol. The molecule has 0 amide bonds. The van der Waals surface area contributed by atoms with Gasteiger partial charge in [-0.05, 0) is 37.1 Å². The molecular weight excluding hydrogens is 338 g/mol. The van der Waals surface area contributed by atoms with Crippen molar-refractivity contribution < 1.29 is 9.90 Å². The van der Waals surface area contributed by atoms with Gasteiger partial charge in [-0.25, -0.2) is 0 Å². The van der Waals surface area contributed by atoms with Crippen LogP contribution in [0.2, 0.25) is 0 Å². The Kier molecular flexibility index (Phi) is 4.30. The van der Waals surface area contributed by atoms with Crippen molar-refractivity contribution in [2.24, 2.45) is 7.05 Å². The number of carboxylic acid groups (broad SMARTS) is 1. The van der Waals surface area contributed by atoms with Crippen LogP contribution in [0.15, 0.2) is 42.5 Å². The van der Waals surface area contributed by atoms with E-state index in [-0.39, 0.29) is 6.42 Å². The zero-order valence-electron chi connectivity index (χ0n) is 16.1. The highest BCUT2D eigenvalue weighted by Gasteiger charge is 2.26. The van der Waals surface area contributed by atoms with Crippen LogP contribution in [0, 0.1) is 13.8 Å². The molecule has 0 atom stereocenters. The molecule has 140 valence electrons. The van der Waals surface area contributed by atoms with Gasteiger partial charge in [0.05, 0.1) is 30.0 Å². The molecule has 1 N–H and O–H groups in total. The summed E-state index contributed by atoms with van der Waals surface area (Å²) in [5.41, 5.74) is 7.49. The quantitative estimate of drug-likeness (QED) is 0.743. The molecule has 1 aliphatic rings. The second kappa shape index (κ2) is 6.65. The van der Waals surface area contributed by atoms with E-state index in [2.05, 4.69) is 65.6 Å². The summed E-state index contributed by atoms with van der Waals surface area (Å²) in [5.74, 6) is -0.759. The average molecular weight is 363 g/mol. The van der Waals surface area contributed by atoms with Gasteiger partial charge in [0.2, 0.25) is 0 Å². The minimum Gasteiger partial charge on any atom is -0.481 e. The smallest absolute Gasteiger partial charge is 0.305 e. The first kappa shape index (κ1) is 17.5. The topological polar surface area (TPSA) is 48.7 Å². The molecule has 4 rings (SSSR count). The van der Waals surface area contributed by atoms with E-state index in [0.29, 0.717) is 13.2 Å². The van der Waals surface area contributed by atoms with Crippen molar-refractivity contribution in [3.63, 3.8) is 0 Å². The van der Waals surface area contributed by atoms with Crippen molar-refractivity contribution in [3.05, 3.63) is 59.3 Å². The van der Waals surface area contributed by atoms with E-state index in [1.165, 1.54) is 33.4 Å². The van der Waals surface area contributed by atoms with Crippen LogP contribution in [0.3, 0.4) is 0 Å². The van der Waals surface area contributed by atoms with Crippen LogP contribution in [0.5, 0.6) is 0 Å². The van der Waals surface area contributed by atoms with Crippen molar-refractivity contribution in [1.29, 1.82) is 0 Å². The van der Waals surface area contributed by atoms with Crippen LogP contribution in [0.25, 0.3) is 10.9 Å². The normalized spacial score (nSPS) is 13.4. The molecule has 0 saturated carbocycles. The third-order valence-corrected chi connectivity index (χ3v) is 5.77. The molecular formula is C22H25N3O2. The number of nitrogens with zero attached hydrogens (tertiary/aromatic N) is 3. The van der Waals surface area contributed by atoms with Crippen molar-refractivity contribution in [1.82, 2.24) is 4.57 Å². The summed E-state index contributed by atoms with van der Waals surface area (Å²) in [6.07, 6.45) is 0.147. The number of hydrogen-bond donors (Lipinski definition) is 1. The molecule has 1 aliphatic heterocycles. The fourth-order valence-corrected chi connectivity index (χ4v) is 4.15. The highest BCUT2D eigenvalue weighted by Crippen LogP contribution is 2.37. The van der Waals surface area contributed by atoms with Gasteiger partial charge in [0.15, 0.2) is 0 Å². The third-order valence-electron chi connectivity index (χ3n) is 5.77. The van der Waals surface area contributed by atoms with E-state index >= 15 is 0 Å². The number of aromatic nitrogens is 1. The molecule has 0 fully saturated rings. The summed E-state index contributed by atoms with van der Waals surface area (Å²) in [5, 5.41) is 10.4. The minimum absolute atomic E-state index is 0.147. The standard InChI is InChI=1S/C22H25N3O2/c1-15-16(2)23(3)22-17(7-6-8-18(15)22)13-25-14-24(12-11-21(26)27)19-9-4-5-10-20(19)25/h4-10H,11-14H2,1-3H3,(H,26,27). The van der Waals surface area contributed by atoms with Gasteiger partial charge in [0, 0.05) is 31.2 Å². The van der Waals surface area contributed by atoms with Gasteiger partial charge in [0.25, 0.3) is 0 Å². The number of rotatable bonds is 5. The molecule has 0 saturated heterocycles. The summed E-state index contributed by atoms with van der Waals surface area (Å²) in [7, 11) is 2.13. The first-order valence-electron chi connectivity index (χ1n) is 9.31. The van der Waals surface area contributed by atoms with Crippen molar-refractivity contribution in [2.45, 2.75) is 26.8 Å². The predicted molar refractivity (Wildman–Crippen MR) is 109 cm³/mol. The Hall–Kier alpha value is -2.95. The van der Waals surface area contributed by atoms with Crippen LogP contribution in [-0.4, -0.2) is 28.9 Å². The van der Waals surface area contributed by atoms with Gasteiger partial charge in [-0.2, -0.15) is 0 Å². The number of hydrogen-bond acceptors (Lipinski definition) is 3. The largest absolute Gasteiger partial charge is 0.481 e. The molecule has 2 heterocycles. The minimum atomic E-state index is -0.759. The highest BCUT2D eigenvalue weighted by molar-refractivity contribution is 5.88. The van der Waals surface area contributed by atoms with Gasteiger partial charge in [-0.15, -0.1) is 0 Å². The summed E-state index contributed by atoms with van der Waals surface area (Å²) in [6, 6.07) is 14.8. The van der Waals surface area contributed by atoms with Gasteiger partial charge in [-0.3, -0.25) is 4.79 Å². The molecule has 2 aromatic carbocycles. The number of aryl methyl sites for hydroxylation is 2. The van der Waals surface area contributed by atoms with Gasteiger partial charge < -0.3 is 19.5 Å². The zero-order chi connectivity index (χ0) is 19.1. The van der Waals surface area contributed by atoms with E-state index in [4.69, 9.17) is 5.11 Å². The van der Waals surface area contributed by atoms with Crippen molar-refractivity contribution in [2.75, 3.05) is 23.0 Å². The lowest BCUT2D eigenvalue weighted by molar-refractivity contribution is -0.136. The van der Waals surface area contributed by atoms with Gasteiger partial charge in [-0.1, -0.05) is 30.3 Å². The molecule has 0 radical (unpaired) electrons. The summed E-state index contributed by atoms with van der Waals surface area (Å²) in [4.78, 5) is 15.5. The lowest BCUT2D eigenvalue weighted by Gasteiger charge is -2.22. The van der Waals surface area contributed by atoms with Crippen molar-refractivity contribution in [3.8, 4) is 0 Å². The molecule has 0 aliphatic carbocycles. The second-order valence-corrected chi connectivity index (χ2v) is 7.32. The zero-order valence-corrected chi connectivity index (χ0v) is 16.1. The molecule has 1 aromatic heterocycles. The Morgan fingerprint density at radius 1 is 1.04 bits per heavy atom. The first-order chi connectivity index (χ1) is 13.0. The van der Waals surface area contributed by atoms with Gasteiger partial charge >= 0.3 is 5.97 Å². The first-order valence-corrected chi connectivity index (χ1v) is 9.31. The second-order valence-electron chi connectivity index (χ2n) is 7.32. The summed E-state index contributed by atoms with van der Waals surface area (Å²) in [6.45, 7) is 6.38. The van der Waals surface area contributed by atoms with Gasteiger partial charge in [0.1, 0.15) is 0 Å². The number of fused-ring (bicyclic) bond motifs is 2. The number of carbonyl (C=O) groups is 1. The number of aliphatic carboxylic acids is 1. The van der Waals surface area contributed by atoms with Crippen LogP contribution < -0.4 is 9.80 Å². The SMILES string of the molecule is Cc1c(C)n(C)c2c(CN3CN(CCC(=O)O)c4ccccc43)cccc12. The Morgan fingerprint density at radius 2 is 1.74 bits per heavy atom. The molecule has 0 unspecified atom stereocenters.